The maximum absolute atomic E-state index is 12.6. The summed E-state index contributed by atoms with van der Waals surface area (Å²) in [5, 5.41) is 0. The summed E-state index contributed by atoms with van der Waals surface area (Å²) in [6, 6.07) is 9.70. The minimum Gasteiger partial charge on any atom is -0.489 e. The molecule has 0 radical (unpaired) electrons. The number of ether oxygens (including phenoxy) is 1. The number of carbonyl (C=O) groups excluding carboxylic acids is 1. The lowest BCUT2D eigenvalue weighted by molar-refractivity contribution is 0.0595. The van der Waals surface area contributed by atoms with Gasteiger partial charge >= 0.3 is 0 Å². The first-order valence-electron chi connectivity index (χ1n) is 8.06. The van der Waals surface area contributed by atoms with E-state index in [1.165, 1.54) is 5.56 Å². The highest BCUT2D eigenvalue weighted by Gasteiger charge is 2.24. The number of pyridine rings is 1. The van der Waals surface area contributed by atoms with Crippen molar-refractivity contribution < 1.29 is 9.53 Å². The van der Waals surface area contributed by atoms with Crippen LogP contribution in [0.5, 0.6) is 5.75 Å². The maximum atomic E-state index is 12.6. The summed E-state index contributed by atoms with van der Waals surface area (Å²) in [4.78, 5) is 18.6. The van der Waals surface area contributed by atoms with Gasteiger partial charge in [0.2, 0.25) is 0 Å². The molecule has 120 valence electrons. The Morgan fingerprint density at radius 1 is 1.17 bits per heavy atom. The molecule has 1 aromatic heterocycles. The Kier molecular flexibility index (Phi) is 4.60. The minimum absolute atomic E-state index is 0.118. The molecule has 2 aromatic rings. The van der Waals surface area contributed by atoms with E-state index < -0.39 is 0 Å². The van der Waals surface area contributed by atoms with Crippen LogP contribution in [-0.4, -0.2) is 35.0 Å². The van der Waals surface area contributed by atoms with Crippen molar-refractivity contribution in [1.82, 2.24) is 9.88 Å². The molecule has 0 aliphatic carbocycles. The number of rotatable bonds is 3. The second-order valence-electron chi connectivity index (χ2n) is 6.10. The fourth-order valence-corrected chi connectivity index (χ4v) is 2.84. The number of hydrogen-bond acceptors (Lipinski definition) is 3. The van der Waals surface area contributed by atoms with Gasteiger partial charge in [0.05, 0.1) is 6.20 Å². The molecule has 0 N–H and O–H groups in total. The lowest BCUT2D eigenvalue weighted by Gasteiger charge is -2.32. The van der Waals surface area contributed by atoms with Crippen LogP contribution >= 0.6 is 0 Å². The van der Waals surface area contributed by atoms with Crippen molar-refractivity contribution in [2.24, 2.45) is 0 Å². The molecule has 2 heterocycles. The molecule has 0 atom stereocenters. The highest BCUT2D eigenvalue weighted by Crippen LogP contribution is 2.20. The van der Waals surface area contributed by atoms with E-state index in [4.69, 9.17) is 4.74 Å². The summed E-state index contributed by atoms with van der Waals surface area (Å²) < 4.78 is 5.92. The van der Waals surface area contributed by atoms with E-state index in [2.05, 4.69) is 11.9 Å². The van der Waals surface area contributed by atoms with Crippen molar-refractivity contribution in [2.45, 2.75) is 32.8 Å². The quantitative estimate of drug-likeness (QED) is 0.873. The highest BCUT2D eigenvalue weighted by atomic mass is 16.5. The van der Waals surface area contributed by atoms with Crippen LogP contribution in [0.3, 0.4) is 0 Å². The van der Waals surface area contributed by atoms with Gasteiger partial charge in [-0.1, -0.05) is 6.07 Å². The third kappa shape index (κ3) is 3.70. The number of piperidine rings is 1. The topological polar surface area (TPSA) is 42.4 Å². The van der Waals surface area contributed by atoms with Gasteiger partial charge in [0, 0.05) is 37.7 Å². The minimum atomic E-state index is 0.118. The number of likely N-dealkylation sites (tertiary alicyclic amines) is 1. The Morgan fingerprint density at radius 3 is 2.61 bits per heavy atom. The number of benzene rings is 1. The molecule has 0 saturated carbocycles. The van der Waals surface area contributed by atoms with Crippen LogP contribution in [-0.2, 0) is 0 Å². The Balaban J connectivity index is 1.58. The summed E-state index contributed by atoms with van der Waals surface area (Å²) in [7, 11) is 0. The second-order valence-corrected chi connectivity index (χ2v) is 6.10. The molecule has 0 bridgehead atoms. The van der Waals surface area contributed by atoms with Crippen LogP contribution in [0.2, 0.25) is 0 Å². The zero-order chi connectivity index (χ0) is 16.2. The SMILES string of the molecule is Cc1ccc(C(=O)N2CCC(Oc3cccnc3)CC2)cc1C. The van der Waals surface area contributed by atoms with Crippen LogP contribution in [0.4, 0.5) is 0 Å². The Bertz CT molecular complexity index is 677. The summed E-state index contributed by atoms with van der Waals surface area (Å²) in [5.41, 5.74) is 3.15. The summed E-state index contributed by atoms with van der Waals surface area (Å²) >= 11 is 0. The standard InChI is InChI=1S/C19H22N2O2/c1-14-5-6-16(12-15(14)2)19(22)21-10-7-17(8-11-21)23-18-4-3-9-20-13-18/h3-6,9,12-13,17H,7-8,10-11H2,1-2H3. The number of aromatic nitrogens is 1. The number of nitrogens with zero attached hydrogens (tertiary/aromatic N) is 2. The third-order valence-corrected chi connectivity index (χ3v) is 4.42. The summed E-state index contributed by atoms with van der Waals surface area (Å²) in [6.07, 6.45) is 5.32. The molecule has 1 fully saturated rings. The molecule has 1 saturated heterocycles. The molecule has 1 amide bonds. The normalized spacial score (nSPS) is 15.5. The molecule has 3 rings (SSSR count). The maximum Gasteiger partial charge on any atom is 0.253 e. The molecule has 0 unspecified atom stereocenters. The first-order chi connectivity index (χ1) is 11.1. The van der Waals surface area contributed by atoms with Crippen LogP contribution in [0, 0.1) is 13.8 Å². The van der Waals surface area contributed by atoms with Crippen molar-refractivity contribution in [3.05, 3.63) is 59.4 Å². The van der Waals surface area contributed by atoms with Crippen LogP contribution in [0.25, 0.3) is 0 Å². The predicted octanol–water partition coefficient (Wildman–Crippen LogP) is 3.38. The van der Waals surface area contributed by atoms with Crippen LogP contribution in [0.15, 0.2) is 42.7 Å². The van der Waals surface area contributed by atoms with E-state index in [1.807, 2.05) is 42.2 Å². The average molecular weight is 310 g/mol. The van der Waals surface area contributed by atoms with Crippen LogP contribution < -0.4 is 4.74 Å². The monoisotopic (exact) mass is 310 g/mol. The lowest BCUT2D eigenvalue weighted by Crippen LogP contribution is -2.41. The largest absolute Gasteiger partial charge is 0.489 e. The van der Waals surface area contributed by atoms with Gasteiger partial charge in [0.1, 0.15) is 11.9 Å². The Hall–Kier alpha value is -2.36. The lowest BCUT2D eigenvalue weighted by atomic mass is 10.0. The van der Waals surface area contributed by atoms with E-state index >= 15 is 0 Å². The number of aryl methyl sites for hydroxylation is 2. The van der Waals surface area contributed by atoms with E-state index in [-0.39, 0.29) is 12.0 Å². The Labute approximate surface area is 137 Å². The summed E-state index contributed by atoms with van der Waals surface area (Å²) in [6.45, 7) is 5.57. The van der Waals surface area contributed by atoms with Gasteiger partial charge in [0.25, 0.3) is 5.91 Å². The predicted molar refractivity (Wildman–Crippen MR) is 89.7 cm³/mol. The molecule has 1 aromatic carbocycles. The van der Waals surface area contributed by atoms with Gasteiger partial charge in [-0.2, -0.15) is 0 Å². The first kappa shape index (κ1) is 15.5. The van der Waals surface area contributed by atoms with Crippen LogP contribution in [0.1, 0.15) is 34.3 Å². The van der Waals surface area contributed by atoms with Crippen molar-refractivity contribution in [2.75, 3.05) is 13.1 Å². The van der Waals surface area contributed by atoms with Gasteiger partial charge in [-0.15, -0.1) is 0 Å². The molecule has 1 aliphatic rings. The third-order valence-electron chi connectivity index (χ3n) is 4.42. The van der Waals surface area contributed by atoms with Gasteiger partial charge in [-0.25, -0.2) is 0 Å². The van der Waals surface area contributed by atoms with Gasteiger partial charge in [-0.05, 0) is 49.2 Å². The first-order valence-corrected chi connectivity index (χ1v) is 8.06. The zero-order valence-electron chi connectivity index (χ0n) is 13.7. The second kappa shape index (κ2) is 6.82. The van der Waals surface area contributed by atoms with E-state index in [0.29, 0.717) is 0 Å². The molecule has 0 spiro atoms. The molecule has 4 nitrogen and oxygen atoms in total. The zero-order valence-corrected chi connectivity index (χ0v) is 13.7. The molecular weight excluding hydrogens is 288 g/mol. The van der Waals surface area contributed by atoms with Gasteiger partial charge in [0.15, 0.2) is 0 Å². The molecule has 4 heteroatoms. The van der Waals surface area contributed by atoms with Gasteiger partial charge < -0.3 is 9.64 Å². The fraction of sp³-hybridized carbons (Fsp3) is 0.368. The fourth-order valence-electron chi connectivity index (χ4n) is 2.84. The van der Waals surface area contributed by atoms with Crippen molar-refractivity contribution in [3.8, 4) is 5.75 Å². The smallest absolute Gasteiger partial charge is 0.253 e. The van der Waals surface area contributed by atoms with Crippen molar-refractivity contribution in [1.29, 1.82) is 0 Å². The number of amides is 1. The Morgan fingerprint density at radius 2 is 1.96 bits per heavy atom. The average Bonchev–Trinajstić information content (AvgIpc) is 2.58. The van der Waals surface area contributed by atoms with E-state index in [0.717, 1.165) is 42.8 Å². The van der Waals surface area contributed by atoms with Gasteiger partial charge in [-0.3, -0.25) is 9.78 Å². The van der Waals surface area contributed by atoms with E-state index in [9.17, 15) is 4.79 Å². The number of hydrogen-bond donors (Lipinski definition) is 0. The van der Waals surface area contributed by atoms with E-state index in [1.54, 1.807) is 12.4 Å². The summed E-state index contributed by atoms with van der Waals surface area (Å²) in [5.74, 6) is 0.916. The van der Waals surface area contributed by atoms with Crippen molar-refractivity contribution >= 4 is 5.91 Å². The number of carbonyl (C=O) groups is 1. The highest BCUT2D eigenvalue weighted by molar-refractivity contribution is 5.94. The molecule has 1 aliphatic heterocycles. The molecular formula is C19H22N2O2. The van der Waals surface area contributed by atoms with Crippen molar-refractivity contribution in [3.63, 3.8) is 0 Å². The molecule has 23 heavy (non-hydrogen) atoms.